The van der Waals surface area contributed by atoms with E-state index in [1.807, 2.05) is 0 Å². The van der Waals surface area contributed by atoms with E-state index in [4.69, 9.17) is 0 Å². The summed E-state index contributed by atoms with van der Waals surface area (Å²) in [5.74, 6) is -2.56. The molecule has 0 spiro atoms. The molecule has 0 atom stereocenters. The summed E-state index contributed by atoms with van der Waals surface area (Å²) in [5, 5.41) is 0. The summed E-state index contributed by atoms with van der Waals surface area (Å²) in [6, 6.07) is 3.31. The molecule has 1 saturated heterocycles. The first kappa shape index (κ1) is 14.6. The standard InChI is InChI=1S/C15H17F2NO2/c16-11-6-5-7-12(17)15(11)13(19)10-18-9-4-2-1-3-8-14(18)20/h5-7H,1-4,8-10H2. The second-order valence-electron chi connectivity index (χ2n) is 5.00. The molecule has 1 aliphatic heterocycles. The summed E-state index contributed by atoms with van der Waals surface area (Å²) >= 11 is 0. The zero-order valence-electron chi connectivity index (χ0n) is 11.2. The predicted molar refractivity (Wildman–Crippen MR) is 70.4 cm³/mol. The number of rotatable bonds is 3. The topological polar surface area (TPSA) is 37.4 Å². The number of Topliss-reactive ketones (excluding diaryl/α,β-unsaturated/α-hetero) is 1. The average Bonchev–Trinajstić information content (AvgIpc) is 2.38. The van der Waals surface area contributed by atoms with Gasteiger partial charge in [0.25, 0.3) is 0 Å². The number of amides is 1. The van der Waals surface area contributed by atoms with E-state index in [2.05, 4.69) is 0 Å². The Hall–Kier alpha value is -1.78. The van der Waals surface area contributed by atoms with Crippen LogP contribution in [0.2, 0.25) is 0 Å². The summed E-state index contributed by atoms with van der Waals surface area (Å²) < 4.78 is 27.1. The van der Waals surface area contributed by atoms with E-state index in [1.54, 1.807) is 0 Å². The second-order valence-corrected chi connectivity index (χ2v) is 5.00. The minimum Gasteiger partial charge on any atom is -0.335 e. The van der Waals surface area contributed by atoms with Crippen LogP contribution in [0, 0.1) is 11.6 Å². The maximum atomic E-state index is 13.5. The number of likely N-dealkylation sites (tertiary alicyclic amines) is 1. The van der Waals surface area contributed by atoms with Crippen molar-refractivity contribution < 1.29 is 18.4 Å². The van der Waals surface area contributed by atoms with Gasteiger partial charge in [-0.05, 0) is 25.0 Å². The van der Waals surface area contributed by atoms with Gasteiger partial charge in [-0.25, -0.2) is 8.78 Å². The Bertz CT molecular complexity index is 496. The number of carbonyl (C=O) groups is 2. The monoisotopic (exact) mass is 281 g/mol. The lowest BCUT2D eigenvalue weighted by atomic mass is 10.1. The van der Waals surface area contributed by atoms with E-state index in [9.17, 15) is 18.4 Å². The zero-order valence-corrected chi connectivity index (χ0v) is 11.2. The minimum atomic E-state index is -0.880. The van der Waals surface area contributed by atoms with Crippen molar-refractivity contribution in [3.8, 4) is 0 Å². The molecule has 0 N–H and O–H groups in total. The Morgan fingerprint density at radius 1 is 1.10 bits per heavy atom. The molecule has 0 aromatic heterocycles. The first-order chi connectivity index (χ1) is 9.59. The lowest BCUT2D eigenvalue weighted by molar-refractivity contribution is -0.131. The van der Waals surface area contributed by atoms with Crippen LogP contribution in [0.25, 0.3) is 0 Å². The van der Waals surface area contributed by atoms with Crippen LogP contribution in [0.5, 0.6) is 0 Å². The number of nitrogens with zero attached hydrogens (tertiary/aromatic N) is 1. The van der Waals surface area contributed by atoms with Gasteiger partial charge in [-0.2, -0.15) is 0 Å². The summed E-state index contributed by atoms with van der Waals surface area (Å²) in [6.07, 6.45) is 4.03. The Morgan fingerprint density at radius 2 is 1.75 bits per heavy atom. The van der Waals surface area contributed by atoms with Crippen LogP contribution in [0.1, 0.15) is 42.5 Å². The van der Waals surface area contributed by atoms with Crippen LogP contribution < -0.4 is 0 Å². The SMILES string of the molecule is O=C(CN1CCCCCCC1=O)c1c(F)cccc1F. The molecule has 0 aliphatic carbocycles. The number of hydrogen-bond donors (Lipinski definition) is 0. The summed E-state index contributed by atoms with van der Waals surface area (Å²) in [7, 11) is 0. The average molecular weight is 281 g/mol. The zero-order chi connectivity index (χ0) is 14.5. The second kappa shape index (κ2) is 6.59. The van der Waals surface area contributed by atoms with Gasteiger partial charge < -0.3 is 4.90 Å². The van der Waals surface area contributed by atoms with Crippen molar-refractivity contribution in [2.75, 3.05) is 13.1 Å². The molecule has 3 nitrogen and oxygen atoms in total. The van der Waals surface area contributed by atoms with E-state index in [-0.39, 0.29) is 12.5 Å². The molecule has 0 radical (unpaired) electrons. The van der Waals surface area contributed by atoms with E-state index in [1.165, 1.54) is 11.0 Å². The largest absolute Gasteiger partial charge is 0.335 e. The molecule has 0 bridgehead atoms. The maximum absolute atomic E-state index is 13.5. The third kappa shape index (κ3) is 3.40. The van der Waals surface area contributed by atoms with Gasteiger partial charge in [0.2, 0.25) is 5.91 Å². The third-order valence-corrected chi connectivity index (χ3v) is 3.50. The molecule has 1 heterocycles. The number of hydrogen-bond acceptors (Lipinski definition) is 2. The van der Waals surface area contributed by atoms with Crippen LogP contribution in [0.4, 0.5) is 8.78 Å². The van der Waals surface area contributed by atoms with E-state index >= 15 is 0 Å². The summed E-state index contributed by atoms with van der Waals surface area (Å²) in [6.45, 7) is 0.220. The molecule has 0 unspecified atom stereocenters. The molecule has 20 heavy (non-hydrogen) atoms. The normalized spacial score (nSPS) is 16.7. The van der Waals surface area contributed by atoms with Crippen molar-refractivity contribution in [1.29, 1.82) is 0 Å². The smallest absolute Gasteiger partial charge is 0.222 e. The van der Waals surface area contributed by atoms with Gasteiger partial charge in [0.15, 0.2) is 5.78 Å². The predicted octanol–water partition coefficient (Wildman–Crippen LogP) is 2.94. The quantitative estimate of drug-likeness (QED) is 0.799. The number of carbonyl (C=O) groups excluding carboxylic acids is 2. The van der Waals surface area contributed by atoms with Crippen molar-refractivity contribution in [2.24, 2.45) is 0 Å². The van der Waals surface area contributed by atoms with Crippen molar-refractivity contribution >= 4 is 11.7 Å². The first-order valence-corrected chi connectivity index (χ1v) is 6.84. The molecular weight excluding hydrogens is 264 g/mol. The number of ketones is 1. The van der Waals surface area contributed by atoms with Crippen LogP contribution >= 0.6 is 0 Å². The highest BCUT2D eigenvalue weighted by Gasteiger charge is 2.23. The fourth-order valence-electron chi connectivity index (χ4n) is 2.40. The highest BCUT2D eigenvalue weighted by Crippen LogP contribution is 2.16. The highest BCUT2D eigenvalue weighted by atomic mass is 19.1. The molecule has 1 fully saturated rings. The molecule has 1 amide bonds. The fourth-order valence-corrected chi connectivity index (χ4v) is 2.40. The van der Waals surface area contributed by atoms with Gasteiger partial charge in [-0.3, -0.25) is 9.59 Å². The molecular formula is C15H17F2NO2. The Balaban J connectivity index is 2.11. The van der Waals surface area contributed by atoms with Gasteiger partial charge in [0.1, 0.15) is 11.6 Å². The summed E-state index contributed by atoms with van der Waals surface area (Å²) in [5.41, 5.74) is -0.553. The lowest BCUT2D eigenvalue weighted by Crippen LogP contribution is -2.37. The molecule has 2 rings (SSSR count). The Kier molecular flexibility index (Phi) is 4.82. The van der Waals surface area contributed by atoms with E-state index < -0.39 is 23.0 Å². The van der Waals surface area contributed by atoms with Crippen LogP contribution in [-0.2, 0) is 4.79 Å². The highest BCUT2D eigenvalue weighted by molar-refractivity contribution is 5.99. The molecule has 1 aromatic rings. The van der Waals surface area contributed by atoms with Gasteiger partial charge >= 0.3 is 0 Å². The fraction of sp³-hybridized carbons (Fsp3) is 0.467. The van der Waals surface area contributed by atoms with Crippen LogP contribution in [0.15, 0.2) is 18.2 Å². The molecule has 1 aromatic carbocycles. The van der Waals surface area contributed by atoms with E-state index in [0.717, 1.165) is 37.8 Å². The molecule has 0 saturated carbocycles. The number of halogens is 2. The first-order valence-electron chi connectivity index (χ1n) is 6.84. The summed E-state index contributed by atoms with van der Waals surface area (Å²) in [4.78, 5) is 25.3. The third-order valence-electron chi connectivity index (χ3n) is 3.50. The van der Waals surface area contributed by atoms with E-state index in [0.29, 0.717) is 13.0 Å². The lowest BCUT2D eigenvalue weighted by Gasteiger charge is -2.24. The Morgan fingerprint density at radius 3 is 2.45 bits per heavy atom. The maximum Gasteiger partial charge on any atom is 0.222 e. The number of benzene rings is 1. The minimum absolute atomic E-state index is 0.116. The molecule has 108 valence electrons. The van der Waals surface area contributed by atoms with Crippen molar-refractivity contribution in [1.82, 2.24) is 4.90 Å². The van der Waals surface area contributed by atoms with Gasteiger partial charge in [-0.1, -0.05) is 18.9 Å². The van der Waals surface area contributed by atoms with Crippen molar-refractivity contribution in [3.63, 3.8) is 0 Å². The van der Waals surface area contributed by atoms with Crippen molar-refractivity contribution in [3.05, 3.63) is 35.4 Å². The Labute approximate surface area is 116 Å². The molecule has 1 aliphatic rings. The van der Waals surface area contributed by atoms with Gasteiger partial charge in [-0.15, -0.1) is 0 Å². The van der Waals surface area contributed by atoms with Crippen LogP contribution in [0.3, 0.4) is 0 Å². The molecule has 5 heteroatoms. The van der Waals surface area contributed by atoms with Gasteiger partial charge in [0.05, 0.1) is 12.1 Å². The van der Waals surface area contributed by atoms with Crippen LogP contribution in [-0.4, -0.2) is 29.7 Å². The van der Waals surface area contributed by atoms with Gasteiger partial charge in [0, 0.05) is 13.0 Å². The van der Waals surface area contributed by atoms with Crippen molar-refractivity contribution in [2.45, 2.75) is 32.1 Å².